The molecule has 1 saturated heterocycles. The molecule has 1 fully saturated rings. The molecule has 4 rings (SSSR count). The van der Waals surface area contributed by atoms with Crippen LogP contribution in [0.2, 0.25) is 0 Å². The Kier molecular flexibility index (Phi) is 5.19. The van der Waals surface area contributed by atoms with Crippen LogP contribution >= 0.6 is 11.3 Å². The van der Waals surface area contributed by atoms with Gasteiger partial charge in [0.05, 0.1) is 30.0 Å². The normalized spacial score (nSPS) is 23.1. The third-order valence-electron chi connectivity index (χ3n) is 5.02. The second-order valence-electron chi connectivity index (χ2n) is 6.93. The molecule has 7 heteroatoms. The Labute approximate surface area is 156 Å². The molecule has 0 bridgehead atoms. The minimum atomic E-state index is -0.577. The molecule has 0 unspecified atom stereocenters. The number of fused-ring (bicyclic) bond motifs is 1. The van der Waals surface area contributed by atoms with Gasteiger partial charge in [0.15, 0.2) is 0 Å². The summed E-state index contributed by atoms with van der Waals surface area (Å²) in [5.41, 5.74) is 4.57. The zero-order valence-corrected chi connectivity index (χ0v) is 15.4. The van der Waals surface area contributed by atoms with E-state index in [1.54, 1.807) is 17.4 Å². The van der Waals surface area contributed by atoms with Gasteiger partial charge in [-0.25, -0.2) is 4.98 Å². The molecular formula is C19H23N3O3S. The summed E-state index contributed by atoms with van der Waals surface area (Å²) in [6, 6.07) is 5.36. The molecule has 6 nitrogen and oxygen atoms in total. The van der Waals surface area contributed by atoms with E-state index >= 15 is 0 Å². The van der Waals surface area contributed by atoms with Gasteiger partial charge in [-0.2, -0.15) is 0 Å². The van der Waals surface area contributed by atoms with Crippen molar-refractivity contribution in [3.05, 3.63) is 45.9 Å². The van der Waals surface area contributed by atoms with E-state index in [0.717, 1.165) is 56.0 Å². The number of carbonyl (C=O) groups is 1. The van der Waals surface area contributed by atoms with Crippen molar-refractivity contribution in [2.45, 2.75) is 38.0 Å². The Morgan fingerprint density at radius 2 is 2.38 bits per heavy atom. The number of carbonyl (C=O) groups excluding carboxylic acids is 1. The van der Waals surface area contributed by atoms with Crippen LogP contribution in [0, 0.1) is 0 Å². The van der Waals surface area contributed by atoms with Crippen molar-refractivity contribution in [2.24, 2.45) is 0 Å². The fourth-order valence-corrected chi connectivity index (χ4v) is 4.16. The van der Waals surface area contributed by atoms with Crippen LogP contribution in [0.3, 0.4) is 0 Å². The molecule has 1 amide bonds. The minimum Gasteiger partial charge on any atom is -0.493 e. The van der Waals surface area contributed by atoms with Gasteiger partial charge in [0, 0.05) is 30.6 Å². The summed E-state index contributed by atoms with van der Waals surface area (Å²) < 4.78 is 5.60. The summed E-state index contributed by atoms with van der Waals surface area (Å²) in [7, 11) is 0. The number of aliphatic hydroxyl groups is 1. The molecule has 26 heavy (non-hydrogen) atoms. The van der Waals surface area contributed by atoms with E-state index in [2.05, 4.69) is 15.2 Å². The fraction of sp³-hybridized carbons (Fsp3) is 0.474. The van der Waals surface area contributed by atoms with E-state index in [9.17, 15) is 9.90 Å². The molecule has 0 spiro atoms. The number of nitrogens with one attached hydrogen (secondary N) is 1. The highest BCUT2D eigenvalue weighted by Crippen LogP contribution is 2.25. The molecule has 2 atom stereocenters. The maximum Gasteiger partial charge on any atom is 0.251 e. The van der Waals surface area contributed by atoms with Crippen LogP contribution in [-0.4, -0.2) is 52.7 Å². The van der Waals surface area contributed by atoms with E-state index in [4.69, 9.17) is 4.74 Å². The zero-order valence-electron chi connectivity index (χ0n) is 14.6. The maximum atomic E-state index is 12.6. The zero-order chi connectivity index (χ0) is 17.9. The smallest absolute Gasteiger partial charge is 0.251 e. The maximum absolute atomic E-state index is 12.6. The van der Waals surface area contributed by atoms with Gasteiger partial charge in [-0.15, -0.1) is 11.3 Å². The summed E-state index contributed by atoms with van der Waals surface area (Å²) in [5.74, 6) is 0.749. The third kappa shape index (κ3) is 3.90. The van der Waals surface area contributed by atoms with Crippen LogP contribution in [0.15, 0.2) is 29.1 Å². The number of rotatable bonds is 4. The van der Waals surface area contributed by atoms with Gasteiger partial charge >= 0.3 is 0 Å². The van der Waals surface area contributed by atoms with Gasteiger partial charge in [-0.05, 0) is 43.0 Å². The molecular weight excluding hydrogens is 350 g/mol. The van der Waals surface area contributed by atoms with Gasteiger partial charge < -0.3 is 15.2 Å². The number of hydrogen-bond acceptors (Lipinski definition) is 6. The van der Waals surface area contributed by atoms with E-state index < -0.39 is 6.10 Å². The molecule has 2 aromatic rings. The Balaban J connectivity index is 1.34. The van der Waals surface area contributed by atoms with Crippen LogP contribution in [0.5, 0.6) is 5.75 Å². The number of β-amino-alcohol motifs (C(OH)–C–C–N with tert-alkyl or cyclic N) is 1. The van der Waals surface area contributed by atoms with Gasteiger partial charge in [0.25, 0.3) is 5.91 Å². The first-order valence-corrected chi connectivity index (χ1v) is 9.97. The van der Waals surface area contributed by atoms with Crippen molar-refractivity contribution in [1.82, 2.24) is 15.2 Å². The van der Waals surface area contributed by atoms with Crippen LogP contribution in [0.1, 0.15) is 34.5 Å². The van der Waals surface area contributed by atoms with Crippen LogP contribution < -0.4 is 10.1 Å². The first-order chi connectivity index (χ1) is 12.7. The lowest BCUT2D eigenvalue weighted by molar-refractivity contribution is 0.0346. The summed E-state index contributed by atoms with van der Waals surface area (Å²) in [4.78, 5) is 19.1. The molecule has 0 aliphatic carbocycles. The second kappa shape index (κ2) is 7.73. The molecule has 138 valence electrons. The number of benzene rings is 1. The molecule has 2 N–H and O–H groups in total. The first-order valence-electron chi connectivity index (χ1n) is 9.03. The predicted molar refractivity (Wildman–Crippen MR) is 99.5 cm³/mol. The van der Waals surface area contributed by atoms with Crippen molar-refractivity contribution in [2.75, 3.05) is 19.7 Å². The average Bonchev–Trinajstić information content (AvgIpc) is 3.16. The number of aryl methyl sites for hydroxylation is 1. The number of amides is 1. The minimum absolute atomic E-state index is 0.129. The average molecular weight is 373 g/mol. The van der Waals surface area contributed by atoms with Crippen LogP contribution in [0.25, 0.3) is 0 Å². The highest BCUT2D eigenvalue weighted by molar-refractivity contribution is 7.07. The standard InChI is InChI=1S/C19H23N3O3S/c23-17-10-22(9-15-11-26-12-20-15)6-5-16(17)21-19(24)14-3-4-18-13(8-14)2-1-7-25-18/h3-4,8,11-12,16-17,23H,1-2,5-7,9-10H2,(H,21,24)/t16-,17-/m1/s1. The SMILES string of the molecule is O=C(N[C@@H]1CCN(Cc2cscn2)C[C@H]1O)c1ccc2c(c1)CCCO2. The number of likely N-dealkylation sites (tertiary alicyclic amines) is 1. The van der Waals surface area contributed by atoms with Crippen molar-refractivity contribution in [1.29, 1.82) is 0 Å². The van der Waals surface area contributed by atoms with Crippen LogP contribution in [0.4, 0.5) is 0 Å². The molecule has 2 aliphatic heterocycles. The van der Waals surface area contributed by atoms with E-state index in [0.29, 0.717) is 12.1 Å². The largest absolute Gasteiger partial charge is 0.493 e. The van der Waals surface area contributed by atoms with Gasteiger partial charge in [-0.1, -0.05) is 0 Å². The summed E-state index contributed by atoms with van der Waals surface area (Å²) in [5, 5.41) is 15.5. The highest BCUT2D eigenvalue weighted by Gasteiger charge is 2.29. The van der Waals surface area contributed by atoms with Crippen LogP contribution in [-0.2, 0) is 13.0 Å². The number of ether oxygens (including phenoxy) is 1. The quantitative estimate of drug-likeness (QED) is 0.855. The highest BCUT2D eigenvalue weighted by atomic mass is 32.1. The van der Waals surface area contributed by atoms with Gasteiger partial charge in [0.1, 0.15) is 5.75 Å². The molecule has 0 saturated carbocycles. The topological polar surface area (TPSA) is 74.7 Å². The lowest BCUT2D eigenvalue weighted by atomic mass is 10.00. The van der Waals surface area contributed by atoms with E-state index in [1.807, 2.05) is 23.0 Å². The molecule has 2 aliphatic rings. The Hall–Kier alpha value is -1.96. The number of nitrogens with zero attached hydrogens (tertiary/aromatic N) is 2. The lowest BCUT2D eigenvalue weighted by Gasteiger charge is -2.36. The number of aliphatic hydroxyl groups excluding tert-OH is 1. The number of hydrogen-bond donors (Lipinski definition) is 2. The second-order valence-corrected chi connectivity index (χ2v) is 7.64. The lowest BCUT2D eigenvalue weighted by Crippen LogP contribution is -2.53. The van der Waals surface area contributed by atoms with Gasteiger partial charge in [-0.3, -0.25) is 9.69 Å². The monoisotopic (exact) mass is 373 g/mol. The van der Waals surface area contributed by atoms with E-state index in [-0.39, 0.29) is 11.9 Å². The number of aromatic nitrogens is 1. The van der Waals surface area contributed by atoms with Crippen molar-refractivity contribution in [3.63, 3.8) is 0 Å². The predicted octanol–water partition coefficient (Wildman–Crippen LogP) is 1.83. The number of piperidine rings is 1. The molecule has 1 aromatic heterocycles. The Morgan fingerprint density at radius 1 is 1.46 bits per heavy atom. The van der Waals surface area contributed by atoms with Crippen molar-refractivity contribution < 1.29 is 14.6 Å². The molecule has 0 radical (unpaired) electrons. The van der Waals surface area contributed by atoms with Gasteiger partial charge in [0.2, 0.25) is 0 Å². The Morgan fingerprint density at radius 3 is 3.19 bits per heavy atom. The number of thiazole rings is 1. The summed E-state index contributed by atoms with van der Waals surface area (Å²) in [6.45, 7) is 2.86. The van der Waals surface area contributed by atoms with E-state index in [1.165, 1.54) is 0 Å². The summed E-state index contributed by atoms with van der Waals surface area (Å²) >= 11 is 1.58. The Bertz CT molecular complexity index is 765. The van der Waals surface area contributed by atoms with Crippen molar-refractivity contribution in [3.8, 4) is 5.75 Å². The van der Waals surface area contributed by atoms with Crippen molar-refractivity contribution >= 4 is 17.2 Å². The fourth-order valence-electron chi connectivity index (χ4n) is 3.61. The summed E-state index contributed by atoms with van der Waals surface area (Å²) in [6.07, 6.45) is 2.07. The molecule has 1 aromatic carbocycles. The molecule has 3 heterocycles. The first kappa shape index (κ1) is 17.5. The third-order valence-corrected chi connectivity index (χ3v) is 5.66.